The summed E-state index contributed by atoms with van der Waals surface area (Å²) in [5.41, 5.74) is 3.73. The summed E-state index contributed by atoms with van der Waals surface area (Å²) in [5, 5.41) is 6.77. The molecule has 1 aliphatic rings. The highest BCUT2D eigenvalue weighted by atomic mass is 32.1. The summed E-state index contributed by atoms with van der Waals surface area (Å²) >= 11 is 1.79. The molecule has 1 fully saturated rings. The number of amides is 1. The molecule has 0 saturated carbocycles. The van der Waals surface area contributed by atoms with E-state index in [0.29, 0.717) is 6.54 Å². The lowest BCUT2D eigenvalue weighted by molar-refractivity contribution is 0.0628. The van der Waals surface area contributed by atoms with Crippen LogP contribution in [-0.2, 0) is 13.1 Å². The van der Waals surface area contributed by atoms with Crippen molar-refractivity contribution in [1.29, 1.82) is 0 Å². The summed E-state index contributed by atoms with van der Waals surface area (Å²) in [6.45, 7) is 8.99. The second kappa shape index (κ2) is 8.29. The van der Waals surface area contributed by atoms with Gasteiger partial charge in [0.25, 0.3) is 5.91 Å². The summed E-state index contributed by atoms with van der Waals surface area (Å²) in [6, 6.07) is 14.5. The normalized spacial score (nSPS) is 15.1. The van der Waals surface area contributed by atoms with Crippen LogP contribution >= 0.6 is 11.3 Å². The van der Waals surface area contributed by atoms with Crippen LogP contribution in [0.15, 0.2) is 47.8 Å². The zero-order valence-corrected chi connectivity index (χ0v) is 17.3. The number of hydrogen-bond donors (Lipinski definition) is 0. The molecule has 2 aromatic heterocycles. The lowest BCUT2D eigenvalue weighted by atomic mass is 10.1. The van der Waals surface area contributed by atoms with Gasteiger partial charge in [0.15, 0.2) is 0 Å². The van der Waals surface area contributed by atoms with Gasteiger partial charge in [-0.25, -0.2) is 0 Å². The molecule has 1 aromatic carbocycles. The quantitative estimate of drug-likeness (QED) is 0.664. The van der Waals surface area contributed by atoms with Crippen LogP contribution in [0, 0.1) is 13.8 Å². The second-order valence-electron chi connectivity index (χ2n) is 7.34. The zero-order chi connectivity index (χ0) is 19.5. The first-order chi connectivity index (χ1) is 13.6. The number of hydrogen-bond acceptors (Lipinski definition) is 4. The van der Waals surface area contributed by atoms with E-state index in [0.717, 1.165) is 49.7 Å². The van der Waals surface area contributed by atoms with Crippen LogP contribution in [0.4, 0.5) is 0 Å². The molecule has 1 saturated heterocycles. The minimum atomic E-state index is 0.116. The van der Waals surface area contributed by atoms with Crippen molar-refractivity contribution in [2.75, 3.05) is 26.2 Å². The number of aryl methyl sites for hydroxylation is 1. The molecule has 0 atom stereocenters. The third-order valence-corrected chi connectivity index (χ3v) is 6.25. The summed E-state index contributed by atoms with van der Waals surface area (Å²) in [7, 11) is 0. The largest absolute Gasteiger partial charge is 0.336 e. The molecule has 0 aliphatic carbocycles. The van der Waals surface area contributed by atoms with Crippen molar-refractivity contribution in [3.05, 3.63) is 75.2 Å². The summed E-state index contributed by atoms with van der Waals surface area (Å²) in [4.78, 5) is 19.0. The number of carbonyl (C=O) groups excluding carboxylic acids is 1. The number of benzene rings is 1. The Labute approximate surface area is 170 Å². The van der Waals surface area contributed by atoms with E-state index in [2.05, 4.69) is 39.6 Å². The van der Waals surface area contributed by atoms with E-state index in [4.69, 9.17) is 0 Å². The van der Waals surface area contributed by atoms with Crippen molar-refractivity contribution in [1.82, 2.24) is 19.6 Å². The maximum atomic E-state index is 13.2. The van der Waals surface area contributed by atoms with E-state index in [9.17, 15) is 4.79 Å². The maximum absolute atomic E-state index is 13.2. The molecule has 1 aliphatic heterocycles. The van der Waals surface area contributed by atoms with Crippen molar-refractivity contribution >= 4 is 17.2 Å². The van der Waals surface area contributed by atoms with Crippen molar-refractivity contribution in [2.45, 2.75) is 26.9 Å². The molecule has 4 rings (SSSR count). The Morgan fingerprint density at radius 2 is 1.75 bits per heavy atom. The average Bonchev–Trinajstić information content (AvgIpc) is 3.31. The number of carbonyl (C=O) groups is 1. The molecule has 0 bridgehead atoms. The third-order valence-electron chi connectivity index (χ3n) is 5.39. The SMILES string of the molecule is Cc1nn(Cc2ccccc2)c(C)c1C(=O)N1CCN(Cc2cccs2)CC1. The molecule has 5 nitrogen and oxygen atoms in total. The van der Waals surface area contributed by atoms with E-state index in [1.165, 1.54) is 10.4 Å². The number of thiophene rings is 1. The zero-order valence-electron chi connectivity index (χ0n) is 16.5. The molecule has 6 heteroatoms. The van der Waals surface area contributed by atoms with Crippen LogP contribution in [-0.4, -0.2) is 51.7 Å². The molecule has 0 unspecified atom stereocenters. The van der Waals surface area contributed by atoms with Crippen molar-refractivity contribution < 1.29 is 4.79 Å². The summed E-state index contributed by atoms with van der Waals surface area (Å²) in [6.07, 6.45) is 0. The fraction of sp³-hybridized carbons (Fsp3) is 0.364. The van der Waals surface area contributed by atoms with E-state index in [1.54, 1.807) is 11.3 Å². The van der Waals surface area contributed by atoms with E-state index in [1.807, 2.05) is 41.6 Å². The molecular formula is C22H26N4OS. The van der Waals surface area contributed by atoms with Crippen molar-refractivity contribution in [3.63, 3.8) is 0 Å². The number of rotatable bonds is 5. The molecule has 0 N–H and O–H groups in total. The lowest BCUT2D eigenvalue weighted by Gasteiger charge is -2.34. The highest BCUT2D eigenvalue weighted by Crippen LogP contribution is 2.19. The van der Waals surface area contributed by atoms with E-state index in [-0.39, 0.29) is 5.91 Å². The van der Waals surface area contributed by atoms with Crippen LogP contribution in [0.1, 0.15) is 32.2 Å². The van der Waals surface area contributed by atoms with Gasteiger partial charge in [0, 0.05) is 43.3 Å². The third kappa shape index (κ3) is 4.03. The maximum Gasteiger partial charge on any atom is 0.257 e. The fourth-order valence-electron chi connectivity index (χ4n) is 3.81. The summed E-state index contributed by atoms with van der Waals surface area (Å²) in [5.74, 6) is 0.116. The van der Waals surface area contributed by atoms with Gasteiger partial charge < -0.3 is 4.90 Å². The molecule has 0 spiro atoms. The number of aromatic nitrogens is 2. The standard InChI is InChI=1S/C22H26N4OS/c1-17-21(18(2)26(23-17)15-19-7-4-3-5-8-19)22(27)25-12-10-24(11-13-25)16-20-9-6-14-28-20/h3-9,14H,10-13,15-16H2,1-2H3. The predicted molar refractivity (Wildman–Crippen MR) is 113 cm³/mol. The summed E-state index contributed by atoms with van der Waals surface area (Å²) < 4.78 is 1.95. The van der Waals surface area contributed by atoms with Gasteiger partial charge in [-0.15, -0.1) is 11.3 Å². The van der Waals surface area contributed by atoms with Crippen LogP contribution in [0.25, 0.3) is 0 Å². The molecular weight excluding hydrogens is 368 g/mol. The van der Waals surface area contributed by atoms with E-state index < -0.39 is 0 Å². The van der Waals surface area contributed by atoms with Gasteiger partial charge in [-0.05, 0) is 30.9 Å². The minimum absolute atomic E-state index is 0.116. The second-order valence-corrected chi connectivity index (χ2v) is 8.37. The first kappa shape index (κ1) is 18.9. The van der Waals surface area contributed by atoms with Gasteiger partial charge in [0.05, 0.1) is 17.8 Å². The Bertz CT molecular complexity index is 925. The van der Waals surface area contributed by atoms with Gasteiger partial charge in [0.2, 0.25) is 0 Å². The Kier molecular flexibility index (Phi) is 5.59. The van der Waals surface area contributed by atoms with Crippen LogP contribution < -0.4 is 0 Å². The minimum Gasteiger partial charge on any atom is -0.336 e. The lowest BCUT2D eigenvalue weighted by Crippen LogP contribution is -2.48. The number of nitrogens with zero attached hydrogens (tertiary/aromatic N) is 4. The Balaban J connectivity index is 1.42. The van der Waals surface area contributed by atoms with Crippen LogP contribution in [0.5, 0.6) is 0 Å². The molecule has 1 amide bonds. The van der Waals surface area contributed by atoms with Gasteiger partial charge in [0.1, 0.15) is 0 Å². The van der Waals surface area contributed by atoms with Crippen molar-refractivity contribution in [2.24, 2.45) is 0 Å². The smallest absolute Gasteiger partial charge is 0.257 e. The van der Waals surface area contributed by atoms with Gasteiger partial charge in [-0.2, -0.15) is 5.10 Å². The molecule has 146 valence electrons. The van der Waals surface area contributed by atoms with Gasteiger partial charge in [-0.1, -0.05) is 36.4 Å². The first-order valence-electron chi connectivity index (χ1n) is 9.74. The topological polar surface area (TPSA) is 41.4 Å². The van der Waals surface area contributed by atoms with Gasteiger partial charge in [-0.3, -0.25) is 14.4 Å². The Morgan fingerprint density at radius 3 is 2.43 bits per heavy atom. The van der Waals surface area contributed by atoms with Crippen LogP contribution in [0.2, 0.25) is 0 Å². The fourth-order valence-corrected chi connectivity index (χ4v) is 4.55. The first-order valence-corrected chi connectivity index (χ1v) is 10.6. The molecule has 28 heavy (non-hydrogen) atoms. The van der Waals surface area contributed by atoms with Crippen LogP contribution in [0.3, 0.4) is 0 Å². The highest BCUT2D eigenvalue weighted by Gasteiger charge is 2.27. The molecule has 3 heterocycles. The van der Waals surface area contributed by atoms with Crippen molar-refractivity contribution in [3.8, 4) is 0 Å². The monoisotopic (exact) mass is 394 g/mol. The molecule has 0 radical (unpaired) electrons. The predicted octanol–water partition coefficient (Wildman–Crippen LogP) is 3.57. The highest BCUT2D eigenvalue weighted by molar-refractivity contribution is 7.09. The Morgan fingerprint density at radius 1 is 1.00 bits per heavy atom. The van der Waals surface area contributed by atoms with Gasteiger partial charge >= 0.3 is 0 Å². The average molecular weight is 395 g/mol. The number of piperazine rings is 1. The molecule has 3 aromatic rings. The van der Waals surface area contributed by atoms with E-state index >= 15 is 0 Å². The Hall–Kier alpha value is -2.44.